The summed E-state index contributed by atoms with van der Waals surface area (Å²) in [5, 5.41) is 11.6. The van der Waals surface area contributed by atoms with Crippen LogP contribution in [-0.4, -0.2) is 18.6 Å². The number of amides is 1. The summed E-state index contributed by atoms with van der Waals surface area (Å²) in [4.78, 5) is 10.0. The highest BCUT2D eigenvalue weighted by molar-refractivity contribution is 5.72. The average Bonchev–Trinajstić information content (AvgIpc) is 2.09. The normalized spacial score (nSPS) is 9.08. The second-order valence-corrected chi connectivity index (χ2v) is 2.15. The Bertz CT molecular complexity index is 286. The van der Waals surface area contributed by atoms with Crippen molar-refractivity contribution in [3.63, 3.8) is 0 Å². The maximum absolute atomic E-state index is 10.0. The van der Waals surface area contributed by atoms with Gasteiger partial charge in [-0.05, 0) is 12.1 Å². The fourth-order valence-electron chi connectivity index (χ4n) is 0.835. The summed E-state index contributed by atoms with van der Waals surface area (Å²) in [5.74, 6) is 0.385. The largest absolute Gasteiger partial charge is 0.504 e. The summed E-state index contributed by atoms with van der Waals surface area (Å²) < 4.78 is 4.83. The van der Waals surface area contributed by atoms with Crippen molar-refractivity contribution < 1.29 is 14.6 Å². The Labute approximate surface area is 69.8 Å². The second kappa shape index (κ2) is 3.61. The van der Waals surface area contributed by atoms with Gasteiger partial charge in [-0.25, -0.2) is 0 Å². The predicted octanol–water partition coefficient (Wildman–Crippen LogP) is 0.969. The van der Waals surface area contributed by atoms with Gasteiger partial charge in [0.2, 0.25) is 6.41 Å². The molecule has 1 aromatic rings. The number of phenolic OH excluding ortho intramolecular Hbond substituents is 1. The highest BCUT2D eigenvalue weighted by Gasteiger charge is 2.00. The van der Waals surface area contributed by atoms with Crippen LogP contribution < -0.4 is 10.1 Å². The molecule has 1 amide bonds. The van der Waals surface area contributed by atoms with E-state index >= 15 is 0 Å². The fourth-order valence-corrected chi connectivity index (χ4v) is 0.835. The van der Waals surface area contributed by atoms with Crippen LogP contribution in [-0.2, 0) is 4.79 Å². The minimum atomic E-state index is 0.0500. The van der Waals surface area contributed by atoms with Crippen molar-refractivity contribution in [2.24, 2.45) is 0 Å². The van der Waals surface area contributed by atoms with Gasteiger partial charge in [0.1, 0.15) is 0 Å². The van der Waals surface area contributed by atoms with Crippen molar-refractivity contribution in [3.8, 4) is 11.5 Å². The molecular weight excluding hydrogens is 158 g/mol. The van der Waals surface area contributed by atoms with Crippen LogP contribution in [0, 0.1) is 0 Å². The number of ether oxygens (including phenoxy) is 1. The number of benzene rings is 1. The molecule has 12 heavy (non-hydrogen) atoms. The van der Waals surface area contributed by atoms with Crippen LogP contribution >= 0.6 is 0 Å². The van der Waals surface area contributed by atoms with Gasteiger partial charge in [0, 0.05) is 11.8 Å². The third-order valence-electron chi connectivity index (χ3n) is 1.41. The third kappa shape index (κ3) is 1.66. The van der Waals surface area contributed by atoms with Crippen LogP contribution in [0.25, 0.3) is 0 Å². The zero-order valence-electron chi connectivity index (χ0n) is 6.57. The van der Waals surface area contributed by atoms with Crippen LogP contribution in [0.3, 0.4) is 0 Å². The second-order valence-electron chi connectivity index (χ2n) is 2.15. The molecule has 0 bridgehead atoms. The molecular formula is C8H9NO3. The first-order valence-electron chi connectivity index (χ1n) is 3.35. The zero-order chi connectivity index (χ0) is 8.97. The topological polar surface area (TPSA) is 58.6 Å². The monoisotopic (exact) mass is 167 g/mol. The molecule has 1 rings (SSSR count). The van der Waals surface area contributed by atoms with E-state index in [1.54, 1.807) is 6.07 Å². The molecule has 0 heterocycles. The molecule has 2 N–H and O–H groups in total. The van der Waals surface area contributed by atoms with Crippen molar-refractivity contribution >= 4 is 12.1 Å². The van der Waals surface area contributed by atoms with Gasteiger partial charge < -0.3 is 15.2 Å². The lowest BCUT2D eigenvalue weighted by Crippen LogP contribution is -1.94. The zero-order valence-corrected chi connectivity index (χ0v) is 6.57. The number of aromatic hydroxyl groups is 1. The molecule has 0 saturated carbocycles. The maximum atomic E-state index is 10.0. The van der Waals surface area contributed by atoms with E-state index < -0.39 is 0 Å². The van der Waals surface area contributed by atoms with Gasteiger partial charge in [0.05, 0.1) is 7.11 Å². The lowest BCUT2D eigenvalue weighted by molar-refractivity contribution is -0.105. The van der Waals surface area contributed by atoms with Gasteiger partial charge in [0.15, 0.2) is 11.5 Å². The summed E-state index contributed by atoms with van der Waals surface area (Å²) in [5.41, 5.74) is 0.583. The summed E-state index contributed by atoms with van der Waals surface area (Å²) in [7, 11) is 1.44. The Balaban J connectivity index is 2.96. The van der Waals surface area contributed by atoms with Crippen LogP contribution in [0.15, 0.2) is 18.2 Å². The molecule has 1 aromatic carbocycles. The quantitative estimate of drug-likeness (QED) is 0.521. The lowest BCUT2D eigenvalue weighted by atomic mass is 10.3. The molecule has 4 heteroatoms. The number of nitrogens with one attached hydrogen (secondary N) is 1. The SMILES string of the molecule is COc1cc(NC=O)ccc1O. The van der Waals surface area contributed by atoms with E-state index in [2.05, 4.69) is 5.32 Å². The minimum Gasteiger partial charge on any atom is -0.504 e. The van der Waals surface area contributed by atoms with E-state index in [0.717, 1.165) is 0 Å². The molecule has 0 saturated heterocycles. The first kappa shape index (κ1) is 8.39. The van der Waals surface area contributed by atoms with Crippen molar-refractivity contribution in [1.29, 1.82) is 0 Å². The lowest BCUT2D eigenvalue weighted by Gasteiger charge is -2.04. The Morgan fingerprint density at radius 1 is 1.58 bits per heavy atom. The van der Waals surface area contributed by atoms with E-state index in [0.29, 0.717) is 17.8 Å². The Kier molecular flexibility index (Phi) is 2.53. The molecule has 0 aromatic heterocycles. The van der Waals surface area contributed by atoms with E-state index in [-0.39, 0.29) is 5.75 Å². The average molecular weight is 167 g/mol. The van der Waals surface area contributed by atoms with Gasteiger partial charge in [-0.1, -0.05) is 0 Å². The van der Waals surface area contributed by atoms with Crippen molar-refractivity contribution in [3.05, 3.63) is 18.2 Å². The van der Waals surface area contributed by atoms with Crippen LogP contribution in [0.1, 0.15) is 0 Å². The van der Waals surface area contributed by atoms with Gasteiger partial charge in [-0.3, -0.25) is 4.79 Å². The molecule has 0 spiro atoms. The van der Waals surface area contributed by atoms with Crippen molar-refractivity contribution in [2.75, 3.05) is 12.4 Å². The molecule has 64 valence electrons. The molecule has 0 fully saturated rings. The predicted molar refractivity (Wildman–Crippen MR) is 44.3 cm³/mol. The smallest absolute Gasteiger partial charge is 0.211 e. The molecule has 0 unspecified atom stereocenters. The Morgan fingerprint density at radius 2 is 2.33 bits per heavy atom. The first-order valence-corrected chi connectivity index (χ1v) is 3.35. The summed E-state index contributed by atoms with van der Waals surface area (Å²) in [6.07, 6.45) is 0.561. The van der Waals surface area contributed by atoms with Gasteiger partial charge in [0.25, 0.3) is 0 Å². The number of anilines is 1. The molecule has 0 radical (unpaired) electrons. The van der Waals surface area contributed by atoms with Crippen LogP contribution in [0.4, 0.5) is 5.69 Å². The number of hydrogen-bond acceptors (Lipinski definition) is 3. The number of carbonyl (C=O) groups excluding carboxylic acids is 1. The van der Waals surface area contributed by atoms with Crippen LogP contribution in [0.2, 0.25) is 0 Å². The molecule has 0 aliphatic heterocycles. The van der Waals surface area contributed by atoms with E-state index in [1.165, 1.54) is 19.2 Å². The highest BCUT2D eigenvalue weighted by atomic mass is 16.5. The van der Waals surface area contributed by atoms with Gasteiger partial charge in [-0.15, -0.1) is 0 Å². The Morgan fingerprint density at radius 3 is 2.92 bits per heavy atom. The minimum absolute atomic E-state index is 0.0500. The summed E-state index contributed by atoms with van der Waals surface area (Å²) in [6, 6.07) is 4.56. The summed E-state index contributed by atoms with van der Waals surface area (Å²) in [6.45, 7) is 0. The number of hydrogen-bond donors (Lipinski definition) is 2. The molecule has 0 aliphatic carbocycles. The number of methoxy groups -OCH3 is 1. The van der Waals surface area contributed by atoms with E-state index in [4.69, 9.17) is 9.84 Å². The van der Waals surface area contributed by atoms with E-state index in [9.17, 15) is 4.79 Å². The highest BCUT2D eigenvalue weighted by Crippen LogP contribution is 2.28. The molecule has 4 nitrogen and oxygen atoms in total. The van der Waals surface area contributed by atoms with Crippen molar-refractivity contribution in [1.82, 2.24) is 0 Å². The van der Waals surface area contributed by atoms with Gasteiger partial charge >= 0.3 is 0 Å². The summed E-state index contributed by atoms with van der Waals surface area (Å²) >= 11 is 0. The third-order valence-corrected chi connectivity index (χ3v) is 1.41. The number of carbonyl (C=O) groups is 1. The Hall–Kier alpha value is -1.71. The molecule has 0 atom stereocenters. The number of rotatable bonds is 3. The molecule has 0 aliphatic rings. The number of phenols is 1. The maximum Gasteiger partial charge on any atom is 0.211 e. The van der Waals surface area contributed by atoms with Crippen LogP contribution in [0.5, 0.6) is 11.5 Å². The fraction of sp³-hybridized carbons (Fsp3) is 0.125. The first-order chi connectivity index (χ1) is 5.77. The standard InChI is InChI=1S/C8H9NO3/c1-12-8-4-6(9-5-10)2-3-7(8)11/h2-5,11H,1H3,(H,9,10). The van der Waals surface area contributed by atoms with Gasteiger partial charge in [-0.2, -0.15) is 0 Å². The van der Waals surface area contributed by atoms with E-state index in [1.807, 2.05) is 0 Å². The van der Waals surface area contributed by atoms with Crippen molar-refractivity contribution in [2.45, 2.75) is 0 Å².